The number of sulfonamides is 1. The predicted molar refractivity (Wildman–Crippen MR) is 86.3 cm³/mol. The Bertz CT molecular complexity index is 724. The second-order valence-corrected chi connectivity index (χ2v) is 6.66. The Morgan fingerprint density at radius 3 is 2.61 bits per heavy atom. The smallest absolute Gasteiger partial charge is 0.285 e. The van der Waals surface area contributed by atoms with Gasteiger partial charge in [-0.2, -0.15) is 8.42 Å². The van der Waals surface area contributed by atoms with Crippen LogP contribution < -0.4 is 11.1 Å². The molecular weight excluding hydrogens is 318 g/mol. The summed E-state index contributed by atoms with van der Waals surface area (Å²) in [7, 11) is -3.89. The van der Waals surface area contributed by atoms with Crippen molar-refractivity contribution in [1.29, 1.82) is 0 Å². The largest absolute Gasteiger partial charge is 0.488 e. The molecule has 0 radical (unpaired) electrons. The molecule has 0 aromatic heterocycles. The molecule has 0 amide bonds. The summed E-state index contributed by atoms with van der Waals surface area (Å²) in [5, 5.41) is 2.58. The zero-order valence-corrected chi connectivity index (χ0v) is 13.5. The Morgan fingerprint density at radius 1 is 1.35 bits per heavy atom. The summed E-state index contributed by atoms with van der Waals surface area (Å²) in [6.45, 7) is 2.10. The van der Waals surface area contributed by atoms with Crippen LogP contribution in [0.3, 0.4) is 0 Å². The van der Waals surface area contributed by atoms with Gasteiger partial charge in [0.15, 0.2) is 6.10 Å². The van der Waals surface area contributed by atoms with Gasteiger partial charge < -0.3 is 15.8 Å². The molecule has 0 saturated carbocycles. The van der Waals surface area contributed by atoms with E-state index in [1.807, 2.05) is 0 Å². The van der Waals surface area contributed by atoms with Gasteiger partial charge in [0.05, 0.1) is 17.7 Å². The molecule has 1 heterocycles. The molecule has 23 heavy (non-hydrogen) atoms. The lowest BCUT2D eigenvalue weighted by Gasteiger charge is -2.10. The van der Waals surface area contributed by atoms with Crippen molar-refractivity contribution < 1.29 is 17.9 Å². The number of hydrogen-bond acceptors (Lipinski definition) is 4. The van der Waals surface area contributed by atoms with Gasteiger partial charge in [-0.15, -0.1) is 4.40 Å². The quantitative estimate of drug-likeness (QED) is 0.584. The number of benzene rings is 1. The van der Waals surface area contributed by atoms with Gasteiger partial charge in [0.25, 0.3) is 10.0 Å². The highest BCUT2D eigenvalue weighted by atomic mass is 32.2. The number of nitrogens with one attached hydrogen (secondary N) is 1. The fraction of sp³-hybridized carbons (Fsp3) is 0.333. The first-order valence-corrected chi connectivity index (χ1v) is 8.65. The fourth-order valence-corrected chi connectivity index (χ4v) is 2.96. The van der Waals surface area contributed by atoms with Crippen LogP contribution in [-0.2, 0) is 26.0 Å². The van der Waals surface area contributed by atoms with Crippen molar-refractivity contribution in [3.8, 4) is 0 Å². The molecule has 0 aliphatic carbocycles. The van der Waals surface area contributed by atoms with Crippen LogP contribution in [0, 0.1) is 0 Å². The molecule has 1 atom stereocenters. The van der Waals surface area contributed by atoms with E-state index in [-0.39, 0.29) is 23.2 Å². The first-order valence-electron chi connectivity index (χ1n) is 7.21. The standard InChI is InChI=1S/C15H19N3O4S/c1-2-3-11-4-6-12(7-5-11)23(20,21)18-15(16)17-10-14-13(19)8-9-22-14/h4-9,14H,2-3,10H2,1H3,(H3,16,17,18). The summed E-state index contributed by atoms with van der Waals surface area (Å²) in [6, 6.07) is 6.52. The lowest BCUT2D eigenvalue weighted by molar-refractivity contribution is -0.119. The molecule has 124 valence electrons. The first kappa shape index (κ1) is 17.0. The number of nitrogens with zero attached hydrogens (tertiary/aromatic N) is 1. The molecule has 0 spiro atoms. The number of ether oxygens (including phenoxy) is 1. The molecule has 3 N–H and O–H groups in total. The van der Waals surface area contributed by atoms with E-state index in [0.29, 0.717) is 0 Å². The first-order chi connectivity index (χ1) is 10.9. The van der Waals surface area contributed by atoms with E-state index < -0.39 is 16.1 Å². The minimum atomic E-state index is -3.89. The van der Waals surface area contributed by atoms with Gasteiger partial charge in [0, 0.05) is 6.08 Å². The molecule has 8 heteroatoms. The predicted octanol–water partition coefficient (Wildman–Crippen LogP) is 0.714. The zero-order valence-electron chi connectivity index (χ0n) is 12.7. The zero-order chi connectivity index (χ0) is 16.9. The normalized spacial score (nSPS) is 18.0. The van der Waals surface area contributed by atoms with E-state index in [1.54, 1.807) is 12.1 Å². The minimum Gasteiger partial charge on any atom is -0.488 e. The Kier molecular flexibility index (Phi) is 5.38. The summed E-state index contributed by atoms with van der Waals surface area (Å²) >= 11 is 0. The Morgan fingerprint density at radius 2 is 2.04 bits per heavy atom. The van der Waals surface area contributed by atoms with Gasteiger partial charge in [-0.3, -0.25) is 4.79 Å². The molecule has 1 unspecified atom stereocenters. The van der Waals surface area contributed by atoms with Gasteiger partial charge in [-0.1, -0.05) is 25.5 Å². The molecule has 0 bridgehead atoms. The maximum atomic E-state index is 12.2. The van der Waals surface area contributed by atoms with Crippen LogP contribution in [0.1, 0.15) is 18.9 Å². The van der Waals surface area contributed by atoms with Crippen LogP contribution in [0.2, 0.25) is 0 Å². The van der Waals surface area contributed by atoms with Crippen LogP contribution in [0.4, 0.5) is 0 Å². The Hall–Kier alpha value is -2.35. The molecule has 1 aliphatic heterocycles. The summed E-state index contributed by atoms with van der Waals surface area (Å²) in [5.74, 6) is -0.495. The molecule has 1 aromatic rings. The van der Waals surface area contributed by atoms with E-state index in [0.717, 1.165) is 18.4 Å². The average molecular weight is 337 g/mol. The van der Waals surface area contributed by atoms with E-state index in [1.165, 1.54) is 24.5 Å². The summed E-state index contributed by atoms with van der Waals surface area (Å²) in [6.07, 6.45) is 3.75. The molecule has 7 nitrogen and oxygen atoms in total. The summed E-state index contributed by atoms with van der Waals surface area (Å²) < 4.78 is 32.8. The third-order valence-corrected chi connectivity index (χ3v) is 4.54. The van der Waals surface area contributed by atoms with Crippen LogP contribution in [0.25, 0.3) is 0 Å². The van der Waals surface area contributed by atoms with Gasteiger partial charge in [0.1, 0.15) is 0 Å². The number of rotatable bonds is 6. The van der Waals surface area contributed by atoms with Crippen molar-refractivity contribution >= 4 is 21.8 Å². The van der Waals surface area contributed by atoms with E-state index in [2.05, 4.69) is 16.6 Å². The van der Waals surface area contributed by atoms with Gasteiger partial charge in [-0.25, -0.2) is 0 Å². The van der Waals surface area contributed by atoms with E-state index in [9.17, 15) is 13.2 Å². The highest BCUT2D eigenvalue weighted by molar-refractivity contribution is 7.90. The van der Waals surface area contributed by atoms with Gasteiger partial charge >= 0.3 is 0 Å². The molecule has 0 fully saturated rings. The second-order valence-electron chi connectivity index (χ2n) is 5.06. The van der Waals surface area contributed by atoms with Crippen molar-refractivity contribution in [3.63, 3.8) is 0 Å². The lowest BCUT2D eigenvalue weighted by atomic mass is 10.1. The third-order valence-electron chi connectivity index (χ3n) is 3.24. The van der Waals surface area contributed by atoms with Crippen molar-refractivity contribution in [2.75, 3.05) is 6.54 Å². The number of guanidine groups is 1. The maximum absolute atomic E-state index is 12.2. The number of nitrogens with two attached hydrogens (primary N) is 1. The Labute approximate surface area is 135 Å². The highest BCUT2D eigenvalue weighted by Gasteiger charge is 2.21. The summed E-state index contributed by atoms with van der Waals surface area (Å²) in [5.41, 5.74) is 6.63. The Balaban J connectivity index is 2.01. The molecule has 2 rings (SSSR count). The number of carbonyl (C=O) groups is 1. The van der Waals surface area contributed by atoms with Crippen LogP contribution in [0.5, 0.6) is 0 Å². The second kappa shape index (κ2) is 7.28. The molecule has 0 saturated heterocycles. The molecule has 1 aromatic carbocycles. The van der Waals surface area contributed by atoms with Crippen LogP contribution in [0.15, 0.2) is 45.9 Å². The number of ketones is 1. The van der Waals surface area contributed by atoms with Crippen molar-refractivity contribution in [2.45, 2.75) is 30.8 Å². The third kappa shape index (κ3) is 4.56. The van der Waals surface area contributed by atoms with Crippen molar-refractivity contribution in [1.82, 2.24) is 5.32 Å². The SMILES string of the molecule is CCCc1ccc(S(=O)(=O)N=C(N)NCC2OC=CC2=O)cc1. The topological polar surface area (TPSA) is 111 Å². The number of hydrogen-bond donors (Lipinski definition) is 2. The van der Waals surface area contributed by atoms with Crippen LogP contribution in [-0.4, -0.2) is 32.8 Å². The molecule has 1 aliphatic rings. The van der Waals surface area contributed by atoms with Crippen molar-refractivity contribution in [3.05, 3.63) is 42.2 Å². The summed E-state index contributed by atoms with van der Waals surface area (Å²) in [4.78, 5) is 11.4. The van der Waals surface area contributed by atoms with E-state index >= 15 is 0 Å². The lowest BCUT2D eigenvalue weighted by Crippen LogP contribution is -2.40. The average Bonchev–Trinajstić information content (AvgIpc) is 2.91. The number of carbonyl (C=O) groups excluding carboxylic acids is 1. The minimum absolute atomic E-state index is 0.0477. The number of aryl methyl sites for hydroxylation is 1. The van der Waals surface area contributed by atoms with Gasteiger partial charge in [0.2, 0.25) is 11.7 Å². The van der Waals surface area contributed by atoms with E-state index in [4.69, 9.17) is 10.5 Å². The van der Waals surface area contributed by atoms with Crippen molar-refractivity contribution in [2.24, 2.45) is 10.1 Å². The molecular formula is C15H19N3O4S. The van der Waals surface area contributed by atoms with Crippen LogP contribution >= 0.6 is 0 Å². The highest BCUT2D eigenvalue weighted by Crippen LogP contribution is 2.14. The monoisotopic (exact) mass is 337 g/mol. The fourth-order valence-electron chi connectivity index (χ4n) is 2.05. The van der Waals surface area contributed by atoms with Gasteiger partial charge in [-0.05, 0) is 24.1 Å². The maximum Gasteiger partial charge on any atom is 0.285 e.